The van der Waals surface area contributed by atoms with Gasteiger partial charge in [0.25, 0.3) is 0 Å². The highest BCUT2D eigenvalue weighted by Crippen LogP contribution is 2.65. The molecule has 0 N–H and O–H groups in total. The van der Waals surface area contributed by atoms with Gasteiger partial charge in [-0.1, -0.05) is 360 Å². The first-order valence-corrected chi connectivity index (χ1v) is 44.7. The molecular weight excluding hydrogens is 1530 g/mol. The highest BCUT2D eigenvalue weighted by atomic mass is 15.2. The van der Waals surface area contributed by atoms with E-state index in [1.165, 1.54) is 172 Å². The minimum absolute atomic E-state index is 0.188. The monoisotopic (exact) mass is 1620 g/mol. The molecule has 0 bridgehead atoms. The van der Waals surface area contributed by atoms with E-state index in [-0.39, 0.29) is 10.8 Å². The average molecular weight is 1620 g/mol. The Morgan fingerprint density at radius 1 is 0.220 bits per heavy atom. The second-order valence-electron chi connectivity index (χ2n) is 36.4. The van der Waals surface area contributed by atoms with Crippen LogP contribution in [0, 0.1) is 0 Å². The van der Waals surface area contributed by atoms with E-state index in [1.54, 1.807) is 0 Å². The van der Waals surface area contributed by atoms with Crippen molar-refractivity contribution in [2.24, 2.45) is 0 Å². The van der Waals surface area contributed by atoms with Crippen molar-refractivity contribution in [1.82, 2.24) is 9.13 Å². The Hall–Kier alpha value is -15.6. The summed E-state index contributed by atoms with van der Waals surface area (Å²) in [5, 5.41) is 4.83. The fraction of sp³-hybridized carbons (Fsp3) is 0.0732. The van der Waals surface area contributed by atoms with Crippen molar-refractivity contribution in [3.8, 4) is 89.3 Å². The maximum absolute atomic E-state index is 2.58. The van der Waals surface area contributed by atoms with E-state index in [2.05, 4.69) is 483 Å². The Labute approximate surface area is 740 Å². The van der Waals surface area contributed by atoms with Crippen LogP contribution in [-0.4, -0.2) is 9.13 Å². The summed E-state index contributed by atoms with van der Waals surface area (Å²) in [6, 6.07) is 166. The lowest BCUT2D eigenvalue weighted by Gasteiger charge is -2.33. The molecule has 0 saturated carbocycles. The minimum atomic E-state index is -0.553. The number of benzene rings is 19. The zero-order chi connectivity index (χ0) is 84.2. The quantitative estimate of drug-likeness (QED) is 0.114. The van der Waals surface area contributed by atoms with E-state index in [0.717, 1.165) is 68.5 Å². The van der Waals surface area contributed by atoms with Crippen LogP contribution >= 0.6 is 0 Å². The van der Waals surface area contributed by atoms with E-state index in [1.807, 2.05) is 0 Å². The molecule has 0 saturated heterocycles. The molecule has 4 heteroatoms. The van der Waals surface area contributed by atoms with Gasteiger partial charge in [0.1, 0.15) is 0 Å². The third-order valence-corrected chi connectivity index (χ3v) is 29.6. The molecule has 21 aromatic rings. The summed E-state index contributed by atoms with van der Waals surface area (Å²) < 4.78 is 4.99. The van der Waals surface area contributed by atoms with Crippen molar-refractivity contribution in [1.29, 1.82) is 0 Å². The van der Waals surface area contributed by atoms with Crippen LogP contribution in [0.15, 0.2) is 437 Å². The van der Waals surface area contributed by atoms with Gasteiger partial charge >= 0.3 is 0 Å². The number of nitrogens with zero attached hydrogens (tertiary/aromatic N) is 4. The maximum Gasteiger partial charge on any atom is 0.0726 e. The molecule has 26 rings (SSSR count). The van der Waals surface area contributed by atoms with Gasteiger partial charge in [0, 0.05) is 83.0 Å². The summed E-state index contributed by atoms with van der Waals surface area (Å²) in [5.74, 6) is 0. The molecule has 0 fully saturated rings. The molecule has 127 heavy (non-hydrogen) atoms. The first-order chi connectivity index (χ1) is 62.5. The molecule has 19 aromatic carbocycles. The van der Waals surface area contributed by atoms with Crippen LogP contribution in [0.25, 0.3) is 133 Å². The second-order valence-corrected chi connectivity index (χ2v) is 36.4. The molecule has 2 aromatic heterocycles. The standard InChI is InChI=1S/C123H86N4/c1-120(2)102-51-23-18-47-99(102)118-97(49-32-57-109(118)120)92-45-21-30-60-113(92)125(83-63-68-90-88-42-17-28-56-108(88)123(111(90)74-83)106-54-26-15-40-86(106)87-41-16-27-55-107(87)123)85-65-70-96-94-67-62-78(72-115(94)127(117(96)76-85)81-38-12-7-13-39-81)77-121(3)103-52-24-19-48-100(103)119-98(50-33-58-110(119)121)93-46-22-29-59-112(93)124(84-64-69-95-91-44-20-31-61-114(91)126(116(95)75-84)80-36-10-6-11-37-80)82-66-71-105-101(73-82)89-43-14-25-53-104(89)122(105,4)79-34-8-5-9-35-79/h5-76H,77H2,1-4H3. The number of hydrogen-bond donors (Lipinski definition) is 0. The van der Waals surface area contributed by atoms with Gasteiger partial charge < -0.3 is 18.9 Å². The normalized spacial score (nSPS) is 15.8. The molecule has 2 unspecified atom stereocenters. The summed E-state index contributed by atoms with van der Waals surface area (Å²) in [4.78, 5) is 5.13. The van der Waals surface area contributed by atoms with Crippen molar-refractivity contribution in [3.63, 3.8) is 0 Å². The van der Waals surface area contributed by atoms with Crippen molar-refractivity contribution in [3.05, 3.63) is 504 Å². The molecule has 1 spiro atoms. The number of rotatable bonds is 13. The van der Waals surface area contributed by atoms with E-state index >= 15 is 0 Å². The van der Waals surface area contributed by atoms with E-state index < -0.39 is 10.8 Å². The van der Waals surface area contributed by atoms with Crippen molar-refractivity contribution >= 4 is 77.7 Å². The summed E-state index contributed by atoms with van der Waals surface area (Å²) >= 11 is 0. The van der Waals surface area contributed by atoms with Crippen LogP contribution in [0.4, 0.5) is 34.1 Å². The Bertz CT molecular complexity index is 8140. The molecule has 2 heterocycles. The Morgan fingerprint density at radius 2 is 0.591 bits per heavy atom. The van der Waals surface area contributed by atoms with Crippen LogP contribution in [0.5, 0.6) is 0 Å². The average Bonchev–Trinajstić information content (AvgIpc) is 1.50. The zero-order valence-electron chi connectivity index (χ0n) is 71.1. The first kappa shape index (κ1) is 73.0. The first-order valence-electron chi connectivity index (χ1n) is 44.7. The lowest BCUT2D eigenvalue weighted by molar-refractivity contribution is 0.583. The van der Waals surface area contributed by atoms with E-state index in [0.29, 0.717) is 0 Å². The van der Waals surface area contributed by atoms with Gasteiger partial charge in [0.15, 0.2) is 0 Å². The Balaban J connectivity index is 0.640. The fourth-order valence-electron chi connectivity index (χ4n) is 24.1. The number of para-hydroxylation sites is 5. The molecule has 2 atom stereocenters. The van der Waals surface area contributed by atoms with Gasteiger partial charge in [-0.3, -0.25) is 0 Å². The van der Waals surface area contributed by atoms with Crippen molar-refractivity contribution < 1.29 is 0 Å². The van der Waals surface area contributed by atoms with Crippen LogP contribution in [0.3, 0.4) is 0 Å². The van der Waals surface area contributed by atoms with E-state index in [4.69, 9.17) is 0 Å². The molecule has 0 radical (unpaired) electrons. The SMILES string of the molecule is CC1(C)c2ccccc2-c2c(-c3ccccc3N(c3ccc4c(c3)C3(c5ccccc5-c5ccccc53)c3ccccc3-4)c3ccc4c5ccc(CC6(C)c7ccccc7-c7c(-c8ccccc8N(c8ccc9c(c8)-c8ccccc8C9(C)c8ccccc8)c8ccc9c%10ccccc%10n(-c%10ccccc%10)c9c8)cccc76)cc5n(-c5ccccc5)c4c3)cccc21. The van der Waals surface area contributed by atoms with Crippen molar-refractivity contribution in [2.75, 3.05) is 9.80 Å². The third-order valence-electron chi connectivity index (χ3n) is 29.6. The highest BCUT2D eigenvalue weighted by molar-refractivity contribution is 6.13. The number of aromatic nitrogens is 2. The molecule has 0 aliphatic heterocycles. The molecule has 5 aliphatic carbocycles. The summed E-state index contributed by atoms with van der Waals surface area (Å²) in [6.45, 7) is 9.71. The van der Waals surface area contributed by atoms with Gasteiger partial charge in [-0.05, 0) is 244 Å². The highest BCUT2D eigenvalue weighted by Gasteiger charge is 2.52. The molecule has 5 aliphatic rings. The van der Waals surface area contributed by atoms with Gasteiger partial charge in [-0.25, -0.2) is 0 Å². The van der Waals surface area contributed by atoms with Crippen LogP contribution in [0.1, 0.15) is 94.5 Å². The summed E-state index contributed by atoms with van der Waals surface area (Å²) in [7, 11) is 0. The number of anilines is 6. The Kier molecular flexibility index (Phi) is 15.8. The van der Waals surface area contributed by atoms with Crippen molar-refractivity contribution in [2.45, 2.75) is 55.8 Å². The second kappa shape index (κ2) is 27.4. The molecule has 598 valence electrons. The summed E-state index contributed by atoms with van der Waals surface area (Å²) in [6.07, 6.45) is 0.758. The van der Waals surface area contributed by atoms with Crippen LogP contribution in [0.2, 0.25) is 0 Å². The van der Waals surface area contributed by atoms with Gasteiger partial charge in [0.05, 0.1) is 38.9 Å². The number of hydrogen-bond acceptors (Lipinski definition) is 2. The predicted molar refractivity (Wildman–Crippen MR) is 529 cm³/mol. The predicted octanol–water partition coefficient (Wildman–Crippen LogP) is 31.7. The third kappa shape index (κ3) is 10.3. The number of fused-ring (bicyclic) bond motifs is 25. The largest absolute Gasteiger partial charge is 0.310 e. The topological polar surface area (TPSA) is 16.3 Å². The van der Waals surface area contributed by atoms with Gasteiger partial charge in [-0.2, -0.15) is 0 Å². The lowest BCUT2D eigenvalue weighted by Crippen LogP contribution is -2.26. The minimum Gasteiger partial charge on any atom is -0.310 e. The smallest absolute Gasteiger partial charge is 0.0726 e. The van der Waals surface area contributed by atoms with Crippen LogP contribution in [-0.2, 0) is 28.1 Å². The zero-order valence-corrected chi connectivity index (χ0v) is 71.1. The van der Waals surface area contributed by atoms with Crippen LogP contribution < -0.4 is 9.80 Å². The molecule has 0 amide bonds. The summed E-state index contributed by atoms with van der Waals surface area (Å²) in [5.41, 5.74) is 45.1. The maximum atomic E-state index is 2.58. The molecular formula is C123H86N4. The molecule has 4 nitrogen and oxygen atoms in total. The van der Waals surface area contributed by atoms with E-state index in [9.17, 15) is 0 Å². The van der Waals surface area contributed by atoms with Gasteiger partial charge in [0.2, 0.25) is 0 Å². The fourth-order valence-corrected chi connectivity index (χ4v) is 24.1. The Morgan fingerprint density at radius 3 is 1.17 bits per heavy atom. The van der Waals surface area contributed by atoms with Gasteiger partial charge in [-0.15, -0.1) is 0 Å². The lowest BCUT2D eigenvalue weighted by atomic mass is 9.70.